The van der Waals surface area contributed by atoms with E-state index in [2.05, 4.69) is 46.4 Å². The van der Waals surface area contributed by atoms with Gasteiger partial charge in [0.1, 0.15) is 0 Å². The third-order valence-electron chi connectivity index (χ3n) is 4.25. The molecule has 76 valence electrons. The summed E-state index contributed by atoms with van der Waals surface area (Å²) in [5.41, 5.74) is 5.24. The van der Waals surface area contributed by atoms with Crippen LogP contribution in [-0.2, 0) is 0 Å². The van der Waals surface area contributed by atoms with Crippen LogP contribution in [0.25, 0.3) is 0 Å². The topological polar surface area (TPSA) is 0 Å². The van der Waals surface area contributed by atoms with Crippen molar-refractivity contribution in [2.24, 2.45) is 10.8 Å². The highest BCUT2D eigenvalue weighted by Gasteiger charge is 2.72. The molecule has 0 aromatic carbocycles. The van der Waals surface area contributed by atoms with Gasteiger partial charge in [-0.25, -0.2) is 0 Å². The normalized spacial score (nSPS) is 29.4. The Morgan fingerprint density at radius 3 is 2.21 bits per heavy atom. The summed E-state index contributed by atoms with van der Waals surface area (Å²) in [6.45, 7) is 12.9. The summed E-state index contributed by atoms with van der Waals surface area (Å²) >= 11 is 0. The molecule has 0 amide bonds. The van der Waals surface area contributed by atoms with Crippen LogP contribution < -0.4 is 0 Å². The van der Waals surface area contributed by atoms with Crippen molar-refractivity contribution in [3.8, 4) is 0 Å². The van der Waals surface area contributed by atoms with Crippen molar-refractivity contribution in [3.63, 3.8) is 0 Å². The van der Waals surface area contributed by atoms with Gasteiger partial charge in [0.15, 0.2) is 0 Å². The fourth-order valence-electron chi connectivity index (χ4n) is 2.59. The van der Waals surface area contributed by atoms with E-state index < -0.39 is 0 Å². The predicted octanol–water partition coefficient (Wildman–Crippen LogP) is 4.26. The third-order valence-corrected chi connectivity index (χ3v) is 4.25. The predicted molar refractivity (Wildman–Crippen MR) is 62.1 cm³/mol. The molecule has 0 saturated heterocycles. The van der Waals surface area contributed by atoms with Gasteiger partial charge in [-0.15, -0.1) is 0 Å². The van der Waals surface area contributed by atoms with E-state index in [0.29, 0.717) is 10.8 Å². The second-order valence-electron chi connectivity index (χ2n) is 5.42. The molecule has 2 aliphatic carbocycles. The summed E-state index contributed by atoms with van der Waals surface area (Å²) in [7, 11) is 0. The minimum Gasteiger partial charge on any atom is -0.0958 e. The molecule has 0 aromatic rings. The molecule has 0 atom stereocenters. The molecule has 1 spiro atoms. The number of allylic oxidation sites excluding steroid dienone is 5. The first-order valence-corrected chi connectivity index (χ1v) is 5.47. The molecule has 0 bridgehead atoms. The maximum Gasteiger partial charge on any atom is 0.000993 e. The monoisotopic (exact) mass is 188 g/mol. The Hall–Kier alpha value is -0.780. The van der Waals surface area contributed by atoms with Crippen LogP contribution in [0.2, 0.25) is 0 Å². The fraction of sp³-hybridized carbons (Fsp3) is 0.571. The molecule has 2 rings (SSSR count). The van der Waals surface area contributed by atoms with Gasteiger partial charge < -0.3 is 0 Å². The summed E-state index contributed by atoms with van der Waals surface area (Å²) in [6.07, 6.45) is 7.38. The Bertz CT molecular complexity index is 340. The van der Waals surface area contributed by atoms with Gasteiger partial charge in [-0.3, -0.25) is 0 Å². The van der Waals surface area contributed by atoms with Gasteiger partial charge in [0.05, 0.1) is 0 Å². The van der Waals surface area contributed by atoms with E-state index in [0.717, 1.165) is 0 Å². The Kier molecular flexibility index (Phi) is 1.83. The molecule has 0 heterocycles. The Morgan fingerprint density at radius 2 is 1.86 bits per heavy atom. The van der Waals surface area contributed by atoms with Crippen molar-refractivity contribution in [2.75, 3.05) is 0 Å². The van der Waals surface area contributed by atoms with Gasteiger partial charge in [0.25, 0.3) is 0 Å². The lowest BCUT2D eigenvalue weighted by molar-refractivity contribution is 0.557. The van der Waals surface area contributed by atoms with Crippen LogP contribution in [0.3, 0.4) is 0 Å². The average Bonchev–Trinajstić information content (AvgIpc) is 2.91. The molecule has 0 aromatic heterocycles. The zero-order valence-electron chi connectivity index (χ0n) is 9.78. The van der Waals surface area contributed by atoms with Crippen molar-refractivity contribution >= 4 is 0 Å². The molecule has 2 aliphatic rings. The highest BCUT2D eigenvalue weighted by Crippen LogP contribution is 2.82. The first kappa shape index (κ1) is 9.76. The van der Waals surface area contributed by atoms with Gasteiger partial charge >= 0.3 is 0 Å². The van der Waals surface area contributed by atoms with Crippen LogP contribution in [0.4, 0.5) is 0 Å². The highest BCUT2D eigenvalue weighted by molar-refractivity contribution is 5.52. The van der Waals surface area contributed by atoms with E-state index >= 15 is 0 Å². The second-order valence-corrected chi connectivity index (χ2v) is 5.42. The molecule has 0 radical (unpaired) electrons. The third kappa shape index (κ3) is 1.13. The van der Waals surface area contributed by atoms with E-state index in [9.17, 15) is 0 Å². The minimum absolute atomic E-state index is 0.485. The lowest BCUT2D eigenvalue weighted by atomic mass is 10.1. The van der Waals surface area contributed by atoms with Gasteiger partial charge in [-0.1, -0.05) is 43.7 Å². The van der Waals surface area contributed by atoms with Crippen LogP contribution in [-0.4, -0.2) is 0 Å². The summed E-state index contributed by atoms with van der Waals surface area (Å²) in [5.74, 6) is 0. The Balaban J connectivity index is 2.16. The molecule has 0 nitrogen and oxygen atoms in total. The second kappa shape index (κ2) is 2.62. The number of rotatable bonds is 2. The standard InChI is InChI=1S/C14H20/c1-10(2)11(3)6-7-12-13(4,5)14(12)8-9-14/h6-7H,1,8-9H2,2-5H3. The smallest absolute Gasteiger partial charge is 0.000993 e. The molecule has 2 saturated carbocycles. The van der Waals surface area contributed by atoms with E-state index in [1.165, 1.54) is 24.0 Å². The zero-order valence-corrected chi connectivity index (χ0v) is 9.78. The lowest BCUT2D eigenvalue weighted by Crippen LogP contribution is -1.86. The maximum absolute atomic E-state index is 3.94. The molecular weight excluding hydrogens is 168 g/mol. The summed E-state index contributed by atoms with van der Waals surface area (Å²) in [4.78, 5) is 0. The van der Waals surface area contributed by atoms with Crippen molar-refractivity contribution < 1.29 is 0 Å². The first-order valence-electron chi connectivity index (χ1n) is 5.47. The van der Waals surface area contributed by atoms with Crippen LogP contribution in [0.5, 0.6) is 0 Å². The summed E-state index contributed by atoms with van der Waals surface area (Å²) in [5, 5.41) is 0. The SMILES string of the molecule is C=C(C)C(C)=CC=C1C(C)(C)C12CC2. The van der Waals surface area contributed by atoms with E-state index in [-0.39, 0.29) is 0 Å². The molecule has 0 aliphatic heterocycles. The molecule has 2 fully saturated rings. The molecule has 0 N–H and O–H groups in total. The Morgan fingerprint density at radius 1 is 1.29 bits per heavy atom. The van der Waals surface area contributed by atoms with Gasteiger partial charge in [-0.2, -0.15) is 0 Å². The number of hydrogen-bond acceptors (Lipinski definition) is 0. The van der Waals surface area contributed by atoms with Gasteiger partial charge in [0.2, 0.25) is 0 Å². The summed E-state index contributed by atoms with van der Waals surface area (Å²) in [6, 6.07) is 0. The number of hydrogen-bond donors (Lipinski definition) is 0. The summed E-state index contributed by atoms with van der Waals surface area (Å²) < 4.78 is 0. The van der Waals surface area contributed by atoms with Gasteiger partial charge in [-0.05, 0) is 37.7 Å². The molecule has 14 heavy (non-hydrogen) atoms. The zero-order chi connectivity index (χ0) is 10.6. The quantitative estimate of drug-likeness (QED) is 0.568. The average molecular weight is 188 g/mol. The van der Waals surface area contributed by atoms with E-state index in [1.54, 1.807) is 5.57 Å². The van der Waals surface area contributed by atoms with Gasteiger partial charge in [0, 0.05) is 5.41 Å². The van der Waals surface area contributed by atoms with E-state index in [4.69, 9.17) is 0 Å². The van der Waals surface area contributed by atoms with Crippen LogP contribution >= 0.6 is 0 Å². The van der Waals surface area contributed by atoms with E-state index in [1.807, 2.05) is 0 Å². The highest BCUT2D eigenvalue weighted by atomic mass is 14.8. The van der Waals surface area contributed by atoms with Crippen molar-refractivity contribution in [1.29, 1.82) is 0 Å². The van der Waals surface area contributed by atoms with Crippen molar-refractivity contribution in [2.45, 2.75) is 40.5 Å². The fourth-order valence-corrected chi connectivity index (χ4v) is 2.59. The maximum atomic E-state index is 3.94. The molecular formula is C14H20. The molecule has 0 heteroatoms. The minimum atomic E-state index is 0.485. The van der Waals surface area contributed by atoms with Crippen LogP contribution in [0, 0.1) is 10.8 Å². The lowest BCUT2D eigenvalue weighted by Gasteiger charge is -1.95. The molecule has 0 unspecified atom stereocenters. The van der Waals surface area contributed by atoms with Crippen molar-refractivity contribution in [1.82, 2.24) is 0 Å². The van der Waals surface area contributed by atoms with Crippen molar-refractivity contribution in [3.05, 3.63) is 35.5 Å². The largest absolute Gasteiger partial charge is 0.0958 e. The Labute approximate surface area is 87.4 Å². The van der Waals surface area contributed by atoms with Crippen LogP contribution in [0.1, 0.15) is 40.5 Å². The first-order chi connectivity index (χ1) is 6.42. The van der Waals surface area contributed by atoms with Crippen LogP contribution in [0.15, 0.2) is 35.5 Å².